The molecule has 1 heterocycles. The van der Waals surface area contributed by atoms with E-state index in [4.69, 9.17) is 0 Å². The Hall–Kier alpha value is -0.280. The molecular weight excluding hydrogens is 122 g/mol. The summed E-state index contributed by atoms with van der Waals surface area (Å²) in [6.07, 6.45) is 3.74. The minimum atomic E-state index is 0.0324. The lowest BCUT2D eigenvalue weighted by Gasteiger charge is -2.10. The molecular formula is C5H7NOS. The third-order valence-corrected chi connectivity index (χ3v) is 1.71. The van der Waals surface area contributed by atoms with E-state index in [0.717, 1.165) is 12.7 Å². The Balaban J connectivity index is 2.37. The molecule has 0 amide bonds. The normalized spacial score (nSPS) is 27.8. The van der Waals surface area contributed by atoms with Gasteiger partial charge >= 0.3 is 0 Å². The summed E-state index contributed by atoms with van der Waals surface area (Å²) in [6, 6.07) is 0.0324. The Labute approximate surface area is 52.5 Å². The van der Waals surface area contributed by atoms with E-state index < -0.39 is 0 Å². The zero-order valence-electron chi connectivity index (χ0n) is 4.33. The molecule has 1 rings (SSSR count). The lowest BCUT2D eigenvalue weighted by atomic mass is 10.2. The highest BCUT2D eigenvalue weighted by Crippen LogP contribution is 2.07. The van der Waals surface area contributed by atoms with Crippen LogP contribution >= 0.6 is 11.9 Å². The van der Waals surface area contributed by atoms with Gasteiger partial charge in [-0.2, -0.15) is 0 Å². The van der Waals surface area contributed by atoms with Crippen LogP contribution in [-0.2, 0) is 4.79 Å². The molecule has 2 nitrogen and oxygen atoms in total. The molecule has 0 radical (unpaired) electrons. The summed E-state index contributed by atoms with van der Waals surface area (Å²) in [7, 11) is 0. The average Bonchev–Trinajstić information content (AvgIpc) is 1.90. The number of rotatable bonds is 1. The van der Waals surface area contributed by atoms with Crippen LogP contribution in [0.2, 0.25) is 0 Å². The Bertz CT molecular complexity index is 113. The third-order valence-electron chi connectivity index (χ3n) is 0.938. The predicted octanol–water partition coefficient (Wildman–Crippen LogP) is 0.709. The van der Waals surface area contributed by atoms with Crippen molar-refractivity contribution in [3.63, 3.8) is 0 Å². The lowest BCUT2D eigenvalue weighted by molar-refractivity contribution is -0.109. The maximum absolute atomic E-state index is 10.1. The van der Waals surface area contributed by atoms with Gasteiger partial charge in [-0.25, -0.2) is 4.72 Å². The monoisotopic (exact) mass is 129 g/mol. The molecule has 3 heteroatoms. The van der Waals surface area contributed by atoms with Gasteiger partial charge in [0, 0.05) is 0 Å². The van der Waals surface area contributed by atoms with E-state index in [1.165, 1.54) is 11.9 Å². The number of hydrogen-bond donors (Lipinski definition) is 1. The molecule has 0 aromatic rings. The van der Waals surface area contributed by atoms with Crippen LogP contribution in [0.15, 0.2) is 11.5 Å². The maximum atomic E-state index is 10.1. The summed E-state index contributed by atoms with van der Waals surface area (Å²) in [6.45, 7) is 0. The molecule has 1 aliphatic rings. The average molecular weight is 129 g/mol. The van der Waals surface area contributed by atoms with Crippen LogP contribution in [0, 0.1) is 0 Å². The molecule has 0 aromatic heterocycles. The van der Waals surface area contributed by atoms with Crippen LogP contribution < -0.4 is 4.72 Å². The summed E-state index contributed by atoms with van der Waals surface area (Å²) in [5.41, 5.74) is 0. The molecule has 0 spiro atoms. The zero-order valence-corrected chi connectivity index (χ0v) is 5.15. The second-order valence-corrected chi connectivity index (χ2v) is 2.33. The summed E-state index contributed by atoms with van der Waals surface area (Å²) in [5, 5.41) is 1.94. The number of carbonyl (C=O) groups excluding carboxylic acids is 1. The van der Waals surface area contributed by atoms with Crippen molar-refractivity contribution < 1.29 is 4.79 Å². The van der Waals surface area contributed by atoms with Gasteiger partial charge in [0.2, 0.25) is 0 Å². The van der Waals surface area contributed by atoms with Crippen molar-refractivity contribution in [1.82, 2.24) is 4.72 Å². The quantitative estimate of drug-likeness (QED) is 0.417. The summed E-state index contributed by atoms with van der Waals surface area (Å²) in [4.78, 5) is 10.1. The van der Waals surface area contributed by atoms with E-state index in [1.807, 2.05) is 11.5 Å². The fourth-order valence-corrected chi connectivity index (χ4v) is 1.12. The Morgan fingerprint density at radius 1 is 1.88 bits per heavy atom. The van der Waals surface area contributed by atoms with E-state index in [0.29, 0.717) is 0 Å². The first kappa shape index (κ1) is 5.85. The molecule has 1 N–H and O–H groups in total. The minimum Gasteiger partial charge on any atom is -0.302 e. The van der Waals surface area contributed by atoms with Crippen molar-refractivity contribution in [2.45, 2.75) is 12.5 Å². The van der Waals surface area contributed by atoms with Gasteiger partial charge in [-0.05, 0) is 11.8 Å². The molecule has 8 heavy (non-hydrogen) atoms. The first-order chi connectivity index (χ1) is 3.93. The van der Waals surface area contributed by atoms with Gasteiger partial charge in [0.15, 0.2) is 0 Å². The van der Waals surface area contributed by atoms with E-state index in [9.17, 15) is 4.79 Å². The van der Waals surface area contributed by atoms with Crippen molar-refractivity contribution >= 4 is 18.2 Å². The first-order valence-electron chi connectivity index (χ1n) is 2.45. The standard InChI is InChI=1S/C5H7NOS/c7-4-5-2-1-3-8-6-5/h1,3-6H,2H2. The molecule has 0 fully saturated rings. The van der Waals surface area contributed by atoms with Crippen LogP contribution in [0.5, 0.6) is 0 Å². The largest absolute Gasteiger partial charge is 0.302 e. The van der Waals surface area contributed by atoms with Gasteiger partial charge in [-0.15, -0.1) is 0 Å². The number of nitrogens with one attached hydrogen (secondary N) is 1. The van der Waals surface area contributed by atoms with E-state index in [1.54, 1.807) is 0 Å². The smallest absolute Gasteiger partial charge is 0.138 e. The van der Waals surface area contributed by atoms with Crippen LogP contribution in [0.3, 0.4) is 0 Å². The second kappa shape index (κ2) is 2.89. The zero-order chi connectivity index (χ0) is 5.82. The van der Waals surface area contributed by atoms with Crippen LogP contribution in [0.4, 0.5) is 0 Å². The Morgan fingerprint density at radius 3 is 3.12 bits per heavy atom. The topological polar surface area (TPSA) is 29.1 Å². The highest BCUT2D eigenvalue weighted by Gasteiger charge is 2.05. The molecule has 0 aliphatic carbocycles. The summed E-state index contributed by atoms with van der Waals surface area (Å²) < 4.78 is 2.93. The van der Waals surface area contributed by atoms with Crippen molar-refractivity contribution in [3.8, 4) is 0 Å². The third kappa shape index (κ3) is 1.35. The van der Waals surface area contributed by atoms with Crippen molar-refractivity contribution in [2.24, 2.45) is 0 Å². The highest BCUT2D eigenvalue weighted by molar-refractivity contribution is 8.00. The fourth-order valence-electron chi connectivity index (χ4n) is 0.508. The van der Waals surface area contributed by atoms with Gasteiger partial charge < -0.3 is 4.79 Å². The first-order valence-corrected chi connectivity index (χ1v) is 3.33. The molecule has 44 valence electrons. The molecule has 0 saturated heterocycles. The molecule has 0 aromatic carbocycles. The number of aldehydes is 1. The summed E-state index contributed by atoms with van der Waals surface area (Å²) in [5.74, 6) is 0. The van der Waals surface area contributed by atoms with Crippen LogP contribution in [0.1, 0.15) is 6.42 Å². The van der Waals surface area contributed by atoms with Gasteiger partial charge in [-0.3, -0.25) is 0 Å². The number of carbonyl (C=O) groups is 1. The molecule has 0 saturated carbocycles. The highest BCUT2D eigenvalue weighted by atomic mass is 32.2. The van der Waals surface area contributed by atoms with Gasteiger partial charge in [0.25, 0.3) is 0 Å². The van der Waals surface area contributed by atoms with Crippen molar-refractivity contribution in [3.05, 3.63) is 11.5 Å². The van der Waals surface area contributed by atoms with Gasteiger partial charge in [0.05, 0.1) is 6.04 Å². The van der Waals surface area contributed by atoms with Gasteiger partial charge in [-0.1, -0.05) is 18.0 Å². The van der Waals surface area contributed by atoms with Crippen molar-refractivity contribution in [2.75, 3.05) is 0 Å². The second-order valence-electron chi connectivity index (χ2n) is 1.59. The SMILES string of the molecule is O=CC1CC=CSN1. The lowest BCUT2D eigenvalue weighted by Crippen LogP contribution is -2.24. The molecule has 1 atom stereocenters. The molecule has 1 aliphatic heterocycles. The van der Waals surface area contributed by atoms with Crippen molar-refractivity contribution in [1.29, 1.82) is 0 Å². The fraction of sp³-hybridized carbons (Fsp3) is 0.400. The van der Waals surface area contributed by atoms with Gasteiger partial charge in [0.1, 0.15) is 6.29 Å². The van der Waals surface area contributed by atoms with E-state index >= 15 is 0 Å². The molecule has 0 bridgehead atoms. The Morgan fingerprint density at radius 2 is 2.75 bits per heavy atom. The van der Waals surface area contributed by atoms with Crippen LogP contribution in [0.25, 0.3) is 0 Å². The number of hydrogen-bond acceptors (Lipinski definition) is 3. The molecule has 1 unspecified atom stereocenters. The Kier molecular flexibility index (Phi) is 2.11. The van der Waals surface area contributed by atoms with E-state index in [2.05, 4.69) is 4.72 Å². The minimum absolute atomic E-state index is 0.0324. The predicted molar refractivity (Wildman–Crippen MR) is 34.3 cm³/mol. The summed E-state index contributed by atoms with van der Waals surface area (Å²) >= 11 is 1.47. The van der Waals surface area contributed by atoms with E-state index in [-0.39, 0.29) is 6.04 Å². The van der Waals surface area contributed by atoms with Crippen LogP contribution in [-0.4, -0.2) is 12.3 Å². The maximum Gasteiger partial charge on any atom is 0.138 e.